The van der Waals surface area contributed by atoms with Crippen LogP contribution in [0.1, 0.15) is 37.3 Å². The predicted molar refractivity (Wildman–Crippen MR) is 74.4 cm³/mol. The van der Waals surface area contributed by atoms with E-state index in [1.54, 1.807) is 25.2 Å². The van der Waals surface area contributed by atoms with Gasteiger partial charge in [0, 0.05) is 11.1 Å². The van der Waals surface area contributed by atoms with Crippen molar-refractivity contribution in [1.29, 1.82) is 0 Å². The first-order valence-corrected chi connectivity index (χ1v) is 8.45. The topological polar surface area (TPSA) is 46.2 Å². The number of nitrogens with one attached hydrogen (secondary N) is 1. The lowest BCUT2D eigenvalue weighted by Gasteiger charge is -2.33. The Hall–Kier alpha value is -0.390. The van der Waals surface area contributed by atoms with Crippen LogP contribution >= 0.6 is 11.3 Å². The van der Waals surface area contributed by atoms with Crippen molar-refractivity contribution in [3.05, 3.63) is 21.9 Å². The Morgan fingerprint density at radius 3 is 2.41 bits per heavy atom. The molecule has 3 nitrogen and oxygen atoms in total. The van der Waals surface area contributed by atoms with Gasteiger partial charge in [-0.2, -0.15) is 0 Å². The minimum atomic E-state index is -3.12. The van der Waals surface area contributed by atoms with E-state index in [9.17, 15) is 8.42 Å². The van der Waals surface area contributed by atoms with Crippen LogP contribution in [0.2, 0.25) is 0 Å². The van der Waals surface area contributed by atoms with Gasteiger partial charge >= 0.3 is 0 Å². The molecule has 0 aliphatic heterocycles. The molecule has 0 saturated heterocycles. The number of thiophene rings is 1. The zero-order chi connectivity index (χ0) is 13.3. The summed E-state index contributed by atoms with van der Waals surface area (Å²) in [4.78, 5) is 1.20. The number of sulfone groups is 1. The van der Waals surface area contributed by atoms with Crippen LogP contribution in [-0.2, 0) is 9.84 Å². The van der Waals surface area contributed by atoms with Crippen LogP contribution in [0.4, 0.5) is 0 Å². The average molecular weight is 275 g/mol. The van der Waals surface area contributed by atoms with Crippen molar-refractivity contribution in [1.82, 2.24) is 5.32 Å². The maximum absolute atomic E-state index is 11.9. The molecule has 0 aromatic carbocycles. The lowest BCUT2D eigenvalue weighted by atomic mass is 9.97. The molecule has 1 atom stereocenters. The van der Waals surface area contributed by atoms with Crippen LogP contribution in [0.15, 0.2) is 11.4 Å². The molecule has 1 aromatic rings. The summed E-state index contributed by atoms with van der Waals surface area (Å²) in [6.45, 7) is 8.33. The van der Waals surface area contributed by atoms with Crippen LogP contribution in [0, 0.1) is 6.92 Å². The molecule has 0 aliphatic rings. The first-order valence-electron chi connectivity index (χ1n) is 5.68. The molecule has 5 heteroatoms. The van der Waals surface area contributed by atoms with Gasteiger partial charge in [-0.05, 0) is 44.3 Å². The zero-order valence-electron chi connectivity index (χ0n) is 11.1. The molecule has 98 valence electrons. The normalized spacial score (nSPS) is 14.9. The highest BCUT2D eigenvalue weighted by Crippen LogP contribution is 2.34. The molecule has 0 saturated carbocycles. The second kappa shape index (κ2) is 5.08. The molecule has 1 rings (SSSR count). The molecule has 1 N–H and O–H groups in total. The summed E-state index contributed by atoms with van der Waals surface area (Å²) >= 11 is 1.65. The molecular formula is C12H21NO2S2. The van der Waals surface area contributed by atoms with Crippen molar-refractivity contribution in [2.24, 2.45) is 0 Å². The number of aryl methyl sites for hydroxylation is 1. The highest BCUT2D eigenvalue weighted by Gasteiger charge is 2.39. The van der Waals surface area contributed by atoms with Crippen LogP contribution < -0.4 is 5.32 Å². The fourth-order valence-corrected chi connectivity index (χ4v) is 3.18. The number of hydrogen-bond acceptors (Lipinski definition) is 4. The molecule has 0 spiro atoms. The average Bonchev–Trinajstić information content (AvgIpc) is 2.58. The summed E-state index contributed by atoms with van der Waals surface area (Å²) in [5.41, 5.74) is 1.06. The first-order chi connectivity index (χ1) is 7.70. The number of hydrogen-bond donors (Lipinski definition) is 1. The predicted octanol–water partition coefficient (Wildman–Crippen LogP) is 2.53. The van der Waals surface area contributed by atoms with Gasteiger partial charge in [-0.25, -0.2) is 8.42 Å². The minimum absolute atomic E-state index is 0.160. The first kappa shape index (κ1) is 14.7. The van der Waals surface area contributed by atoms with E-state index in [0.717, 1.165) is 12.1 Å². The maximum Gasteiger partial charge on any atom is 0.154 e. The number of rotatable bonds is 5. The second-order valence-electron chi connectivity index (χ2n) is 4.86. The molecule has 17 heavy (non-hydrogen) atoms. The maximum atomic E-state index is 11.9. The van der Waals surface area contributed by atoms with Crippen molar-refractivity contribution in [2.45, 2.75) is 38.5 Å². The molecule has 1 heterocycles. The Morgan fingerprint density at radius 2 is 2.06 bits per heavy atom. The van der Waals surface area contributed by atoms with Gasteiger partial charge < -0.3 is 5.32 Å². The van der Waals surface area contributed by atoms with Crippen LogP contribution in [-0.4, -0.2) is 26.0 Å². The summed E-state index contributed by atoms with van der Waals surface area (Å²) in [6.07, 6.45) is 1.30. The zero-order valence-corrected chi connectivity index (χ0v) is 12.7. The molecule has 1 unspecified atom stereocenters. The summed E-state index contributed by atoms with van der Waals surface area (Å²) < 4.78 is 23.0. The summed E-state index contributed by atoms with van der Waals surface area (Å²) in [5, 5.41) is 5.32. The van der Waals surface area contributed by atoms with Crippen molar-refractivity contribution in [3.8, 4) is 0 Å². The lowest BCUT2D eigenvalue weighted by Crippen LogP contribution is -2.44. The van der Waals surface area contributed by atoms with E-state index in [2.05, 4.69) is 11.4 Å². The third kappa shape index (κ3) is 3.09. The van der Waals surface area contributed by atoms with Gasteiger partial charge in [0.25, 0.3) is 0 Å². The van der Waals surface area contributed by atoms with Gasteiger partial charge in [0.1, 0.15) is 0 Å². The van der Waals surface area contributed by atoms with E-state index in [4.69, 9.17) is 0 Å². The van der Waals surface area contributed by atoms with E-state index in [1.165, 1.54) is 11.1 Å². The lowest BCUT2D eigenvalue weighted by molar-refractivity contribution is 0.429. The minimum Gasteiger partial charge on any atom is -0.309 e. The Balaban J connectivity index is 3.18. The fourth-order valence-electron chi connectivity index (χ4n) is 1.80. The third-order valence-electron chi connectivity index (χ3n) is 3.14. The third-order valence-corrected chi connectivity index (χ3v) is 6.17. The van der Waals surface area contributed by atoms with Gasteiger partial charge in [-0.15, -0.1) is 11.3 Å². The molecule has 0 fully saturated rings. The van der Waals surface area contributed by atoms with Crippen LogP contribution in [0.5, 0.6) is 0 Å². The quantitative estimate of drug-likeness (QED) is 0.898. The molecule has 0 radical (unpaired) electrons. The van der Waals surface area contributed by atoms with Gasteiger partial charge in [0.05, 0.1) is 10.8 Å². The summed E-state index contributed by atoms with van der Waals surface area (Å²) in [5.74, 6) is 0. The Labute approximate surface area is 108 Å². The van der Waals surface area contributed by atoms with Gasteiger partial charge in [-0.3, -0.25) is 0 Å². The fraction of sp³-hybridized carbons (Fsp3) is 0.667. The Morgan fingerprint density at radius 1 is 1.47 bits per heavy atom. The van der Waals surface area contributed by atoms with E-state index < -0.39 is 14.6 Å². The monoisotopic (exact) mass is 275 g/mol. The van der Waals surface area contributed by atoms with E-state index in [1.807, 2.05) is 19.2 Å². The Bertz CT molecular complexity index is 474. The van der Waals surface area contributed by atoms with E-state index in [0.29, 0.717) is 0 Å². The second-order valence-corrected chi connectivity index (χ2v) is 8.57. The molecule has 0 bridgehead atoms. The van der Waals surface area contributed by atoms with Crippen molar-refractivity contribution < 1.29 is 8.42 Å². The molecule has 1 aromatic heterocycles. The SMILES string of the molecule is CCNC(c1csc(C)c1)C(C)(C)S(C)(=O)=O. The van der Waals surface area contributed by atoms with Gasteiger partial charge in [0.2, 0.25) is 0 Å². The van der Waals surface area contributed by atoms with E-state index >= 15 is 0 Å². The molecular weight excluding hydrogens is 254 g/mol. The molecule has 0 amide bonds. The molecule has 0 aliphatic carbocycles. The highest BCUT2D eigenvalue weighted by molar-refractivity contribution is 7.92. The summed E-state index contributed by atoms with van der Waals surface area (Å²) in [7, 11) is -3.12. The summed E-state index contributed by atoms with van der Waals surface area (Å²) in [6, 6.07) is 1.90. The van der Waals surface area contributed by atoms with Crippen molar-refractivity contribution in [2.75, 3.05) is 12.8 Å². The van der Waals surface area contributed by atoms with Gasteiger partial charge in [0.15, 0.2) is 9.84 Å². The van der Waals surface area contributed by atoms with Crippen molar-refractivity contribution in [3.63, 3.8) is 0 Å². The van der Waals surface area contributed by atoms with Crippen LogP contribution in [0.25, 0.3) is 0 Å². The Kier molecular flexibility index (Phi) is 4.38. The largest absolute Gasteiger partial charge is 0.309 e. The van der Waals surface area contributed by atoms with E-state index in [-0.39, 0.29) is 6.04 Å². The van der Waals surface area contributed by atoms with Crippen molar-refractivity contribution >= 4 is 21.2 Å². The van der Waals surface area contributed by atoms with Gasteiger partial charge in [-0.1, -0.05) is 6.92 Å². The smallest absolute Gasteiger partial charge is 0.154 e. The highest BCUT2D eigenvalue weighted by atomic mass is 32.2. The standard InChI is InChI=1S/C12H21NO2S2/c1-6-13-11(10-7-9(2)16-8-10)12(3,4)17(5,14)15/h7-8,11,13H,6H2,1-5H3. The van der Waals surface area contributed by atoms with Crippen LogP contribution in [0.3, 0.4) is 0 Å².